The van der Waals surface area contributed by atoms with E-state index in [2.05, 4.69) is 35.2 Å². The van der Waals surface area contributed by atoms with Crippen molar-refractivity contribution in [3.63, 3.8) is 0 Å². The number of rotatable bonds is 4. The Morgan fingerprint density at radius 2 is 2.06 bits per heavy atom. The summed E-state index contributed by atoms with van der Waals surface area (Å²) in [5, 5.41) is 3.40. The number of aromatic nitrogens is 2. The first-order valence-electron chi connectivity index (χ1n) is 6.82. The molecule has 3 nitrogen and oxygen atoms in total. The van der Waals surface area contributed by atoms with Crippen molar-refractivity contribution in [3.8, 4) is 0 Å². The highest BCUT2D eigenvalue weighted by Crippen LogP contribution is 2.16. The number of nitrogens with zero attached hydrogens (tertiary/aromatic N) is 2. The molecule has 1 saturated heterocycles. The summed E-state index contributed by atoms with van der Waals surface area (Å²) in [7, 11) is 0. The van der Waals surface area contributed by atoms with Crippen molar-refractivity contribution in [2.45, 2.75) is 46.0 Å². The highest BCUT2D eigenvalue weighted by molar-refractivity contribution is 5.10. The van der Waals surface area contributed by atoms with E-state index < -0.39 is 0 Å². The summed E-state index contributed by atoms with van der Waals surface area (Å²) in [5.74, 6) is 1.83. The third-order valence-electron chi connectivity index (χ3n) is 3.39. The molecule has 0 bridgehead atoms. The molecule has 17 heavy (non-hydrogen) atoms. The van der Waals surface area contributed by atoms with Crippen molar-refractivity contribution < 1.29 is 0 Å². The predicted molar refractivity (Wildman–Crippen MR) is 70.1 cm³/mol. The van der Waals surface area contributed by atoms with Crippen molar-refractivity contribution >= 4 is 0 Å². The Morgan fingerprint density at radius 3 is 2.76 bits per heavy atom. The third-order valence-corrected chi connectivity index (χ3v) is 3.39. The first-order chi connectivity index (χ1) is 8.28. The second-order valence-corrected chi connectivity index (χ2v) is 5.06. The minimum Gasteiger partial charge on any atom is -0.317 e. The average Bonchev–Trinajstić information content (AvgIpc) is 2.30. The summed E-state index contributed by atoms with van der Waals surface area (Å²) < 4.78 is 0. The molecule has 1 fully saturated rings. The van der Waals surface area contributed by atoms with Crippen LogP contribution in [0.1, 0.15) is 43.4 Å². The standard InChI is InChI=1S/C14H23N3/c1-3-4-13-9-11(2)16-14(17-13)10-12-5-7-15-8-6-12/h9,12,15H,3-8,10H2,1-2H3. The van der Waals surface area contributed by atoms with E-state index in [0.29, 0.717) is 0 Å². The largest absolute Gasteiger partial charge is 0.317 e. The lowest BCUT2D eigenvalue weighted by molar-refractivity contribution is 0.366. The Labute approximate surface area is 104 Å². The third kappa shape index (κ3) is 3.77. The van der Waals surface area contributed by atoms with Gasteiger partial charge in [-0.3, -0.25) is 0 Å². The van der Waals surface area contributed by atoms with Gasteiger partial charge in [-0.25, -0.2) is 9.97 Å². The van der Waals surface area contributed by atoms with Crippen molar-refractivity contribution in [2.75, 3.05) is 13.1 Å². The summed E-state index contributed by atoms with van der Waals surface area (Å²) in [4.78, 5) is 9.26. The van der Waals surface area contributed by atoms with Gasteiger partial charge >= 0.3 is 0 Å². The van der Waals surface area contributed by atoms with E-state index in [1.807, 2.05) is 0 Å². The molecule has 94 valence electrons. The van der Waals surface area contributed by atoms with Crippen LogP contribution in [-0.4, -0.2) is 23.1 Å². The van der Waals surface area contributed by atoms with Gasteiger partial charge in [-0.1, -0.05) is 13.3 Å². The van der Waals surface area contributed by atoms with Gasteiger partial charge in [0.05, 0.1) is 0 Å². The van der Waals surface area contributed by atoms with Crippen LogP contribution >= 0.6 is 0 Å². The summed E-state index contributed by atoms with van der Waals surface area (Å²) in [6, 6.07) is 2.12. The van der Waals surface area contributed by atoms with Crippen molar-refractivity contribution in [3.05, 3.63) is 23.3 Å². The van der Waals surface area contributed by atoms with E-state index in [9.17, 15) is 0 Å². The maximum atomic E-state index is 4.69. The van der Waals surface area contributed by atoms with Crippen LogP contribution in [0.5, 0.6) is 0 Å². The molecule has 2 heterocycles. The molecule has 0 saturated carbocycles. The molecule has 0 atom stereocenters. The Morgan fingerprint density at radius 1 is 1.29 bits per heavy atom. The predicted octanol–water partition coefficient (Wildman–Crippen LogP) is 2.28. The van der Waals surface area contributed by atoms with Crippen molar-refractivity contribution in [1.82, 2.24) is 15.3 Å². The van der Waals surface area contributed by atoms with Crippen LogP contribution in [0.15, 0.2) is 6.07 Å². The Kier molecular flexibility index (Phi) is 4.49. The SMILES string of the molecule is CCCc1cc(C)nc(CC2CCNCC2)n1. The van der Waals surface area contributed by atoms with E-state index in [0.717, 1.165) is 49.8 Å². The first-order valence-corrected chi connectivity index (χ1v) is 6.82. The molecule has 1 aliphatic rings. The number of hydrogen-bond donors (Lipinski definition) is 1. The van der Waals surface area contributed by atoms with E-state index in [-0.39, 0.29) is 0 Å². The second-order valence-electron chi connectivity index (χ2n) is 5.06. The number of piperidine rings is 1. The van der Waals surface area contributed by atoms with E-state index >= 15 is 0 Å². The molecule has 0 unspecified atom stereocenters. The molecule has 0 aromatic carbocycles. The molecule has 0 aliphatic carbocycles. The summed E-state index contributed by atoms with van der Waals surface area (Å²) >= 11 is 0. The zero-order valence-electron chi connectivity index (χ0n) is 11.0. The molecule has 2 rings (SSSR count). The molecule has 1 aliphatic heterocycles. The highest BCUT2D eigenvalue weighted by Gasteiger charge is 2.15. The van der Waals surface area contributed by atoms with Gasteiger partial charge in [0.2, 0.25) is 0 Å². The van der Waals surface area contributed by atoms with Crippen LogP contribution in [-0.2, 0) is 12.8 Å². The molecule has 0 amide bonds. The smallest absolute Gasteiger partial charge is 0.129 e. The molecular formula is C14H23N3. The lowest BCUT2D eigenvalue weighted by atomic mass is 9.94. The van der Waals surface area contributed by atoms with Crippen LogP contribution in [0.4, 0.5) is 0 Å². The van der Waals surface area contributed by atoms with Gasteiger partial charge < -0.3 is 5.32 Å². The van der Waals surface area contributed by atoms with Crippen LogP contribution in [0.25, 0.3) is 0 Å². The van der Waals surface area contributed by atoms with Crippen LogP contribution in [0, 0.1) is 12.8 Å². The van der Waals surface area contributed by atoms with Gasteiger partial charge in [0.25, 0.3) is 0 Å². The second kappa shape index (κ2) is 6.10. The lowest BCUT2D eigenvalue weighted by Crippen LogP contribution is -2.29. The highest BCUT2D eigenvalue weighted by atomic mass is 14.9. The van der Waals surface area contributed by atoms with Gasteiger partial charge in [0.1, 0.15) is 5.82 Å². The lowest BCUT2D eigenvalue weighted by Gasteiger charge is -2.22. The van der Waals surface area contributed by atoms with Gasteiger partial charge in [0, 0.05) is 17.8 Å². The zero-order valence-corrected chi connectivity index (χ0v) is 11.0. The van der Waals surface area contributed by atoms with Crippen molar-refractivity contribution in [1.29, 1.82) is 0 Å². The van der Waals surface area contributed by atoms with Crippen LogP contribution in [0.2, 0.25) is 0 Å². The van der Waals surface area contributed by atoms with Gasteiger partial charge in [-0.2, -0.15) is 0 Å². The fourth-order valence-corrected chi connectivity index (χ4v) is 2.52. The van der Waals surface area contributed by atoms with Gasteiger partial charge in [0.15, 0.2) is 0 Å². The van der Waals surface area contributed by atoms with Gasteiger partial charge in [-0.15, -0.1) is 0 Å². The normalized spacial score (nSPS) is 17.3. The first kappa shape index (κ1) is 12.5. The molecule has 0 radical (unpaired) electrons. The van der Waals surface area contributed by atoms with E-state index in [1.54, 1.807) is 0 Å². The molecule has 3 heteroatoms. The zero-order chi connectivity index (χ0) is 12.1. The van der Waals surface area contributed by atoms with Crippen LogP contribution in [0.3, 0.4) is 0 Å². The number of nitrogens with one attached hydrogen (secondary N) is 1. The quantitative estimate of drug-likeness (QED) is 0.867. The molecule has 0 spiro atoms. The minimum absolute atomic E-state index is 0.771. The Hall–Kier alpha value is -0.960. The average molecular weight is 233 g/mol. The molecule has 1 aromatic heterocycles. The van der Waals surface area contributed by atoms with E-state index in [4.69, 9.17) is 0 Å². The molecule has 1 N–H and O–H groups in total. The topological polar surface area (TPSA) is 37.8 Å². The summed E-state index contributed by atoms with van der Waals surface area (Å²) in [6.07, 6.45) is 5.81. The molecule has 1 aromatic rings. The minimum atomic E-state index is 0.771. The molecular weight excluding hydrogens is 210 g/mol. The Balaban J connectivity index is 2.03. The maximum absolute atomic E-state index is 4.69. The monoisotopic (exact) mass is 233 g/mol. The van der Waals surface area contributed by atoms with Gasteiger partial charge in [-0.05, 0) is 51.3 Å². The summed E-state index contributed by atoms with van der Waals surface area (Å²) in [6.45, 7) is 6.58. The number of hydrogen-bond acceptors (Lipinski definition) is 3. The van der Waals surface area contributed by atoms with Crippen molar-refractivity contribution in [2.24, 2.45) is 5.92 Å². The summed E-state index contributed by atoms with van der Waals surface area (Å²) in [5.41, 5.74) is 2.33. The maximum Gasteiger partial charge on any atom is 0.129 e. The number of aryl methyl sites for hydroxylation is 2. The fourth-order valence-electron chi connectivity index (χ4n) is 2.52. The van der Waals surface area contributed by atoms with Crippen LogP contribution < -0.4 is 5.32 Å². The van der Waals surface area contributed by atoms with E-state index in [1.165, 1.54) is 18.5 Å². The Bertz CT molecular complexity index is 356. The fraction of sp³-hybridized carbons (Fsp3) is 0.714.